The summed E-state index contributed by atoms with van der Waals surface area (Å²) in [5.74, 6) is -0.988. The number of hydroxylamine groups is 2. The molecule has 2 unspecified atom stereocenters. The molecule has 1 aliphatic rings. The van der Waals surface area contributed by atoms with Crippen LogP contribution in [0.4, 0.5) is 0 Å². The van der Waals surface area contributed by atoms with Crippen molar-refractivity contribution in [1.29, 1.82) is 0 Å². The number of hydrogen-bond acceptors (Lipinski definition) is 3. The fraction of sp³-hybridized carbons (Fsp3) is 0.800. The molecule has 1 aliphatic heterocycles. The van der Waals surface area contributed by atoms with Crippen LogP contribution in [0.25, 0.3) is 0 Å². The van der Waals surface area contributed by atoms with E-state index in [0.717, 1.165) is 11.5 Å². The van der Waals surface area contributed by atoms with Crippen molar-refractivity contribution in [2.75, 3.05) is 6.54 Å². The molecule has 0 saturated carbocycles. The van der Waals surface area contributed by atoms with Crippen molar-refractivity contribution in [2.24, 2.45) is 0 Å². The van der Waals surface area contributed by atoms with Gasteiger partial charge in [0.05, 0.1) is 0 Å². The van der Waals surface area contributed by atoms with E-state index in [2.05, 4.69) is 9.24 Å². The Kier molecular flexibility index (Phi) is 1.95. The highest BCUT2D eigenvalue weighted by atomic mass is 31.0. The van der Waals surface area contributed by atoms with E-state index in [1.807, 2.05) is 0 Å². The van der Waals surface area contributed by atoms with Crippen LogP contribution >= 0.6 is 9.24 Å². The Morgan fingerprint density at radius 2 is 2.30 bits per heavy atom. The van der Waals surface area contributed by atoms with Gasteiger partial charge in [-0.15, -0.1) is 9.24 Å². The van der Waals surface area contributed by atoms with E-state index in [9.17, 15) is 4.79 Å². The highest BCUT2D eigenvalue weighted by Crippen LogP contribution is 2.33. The van der Waals surface area contributed by atoms with Crippen LogP contribution in [0.15, 0.2) is 0 Å². The predicted octanol–water partition coefficient (Wildman–Crippen LogP) is 0.127. The Labute approximate surface area is 61.0 Å². The zero-order valence-corrected chi connectivity index (χ0v) is 6.60. The molecule has 0 aromatic rings. The zero-order chi connectivity index (χ0) is 7.78. The molecule has 2 atom stereocenters. The average Bonchev–Trinajstić information content (AvgIpc) is 2.15. The second kappa shape index (κ2) is 2.46. The van der Waals surface area contributed by atoms with Gasteiger partial charge in [-0.2, -0.15) is 5.06 Å². The number of carboxylic acid groups (broad SMARTS) is 1. The highest BCUT2D eigenvalue weighted by molar-refractivity contribution is 7.20. The van der Waals surface area contributed by atoms with E-state index in [-0.39, 0.29) is 0 Å². The molecule has 1 rings (SSSR count). The maximum atomic E-state index is 10.5. The van der Waals surface area contributed by atoms with Gasteiger partial charge in [0.1, 0.15) is 0 Å². The van der Waals surface area contributed by atoms with Crippen molar-refractivity contribution in [2.45, 2.75) is 18.1 Å². The van der Waals surface area contributed by atoms with Gasteiger partial charge in [-0.3, -0.25) is 0 Å². The molecule has 0 aromatic carbocycles. The molecular formula is C5H10NO3P. The summed E-state index contributed by atoms with van der Waals surface area (Å²) in [6.45, 7) is 0.440. The standard InChI is InChI=1S/C5H10NO3P/c7-4(8)5(10)2-1-3-6(5)9/h9H,1-3,10H2,(H,7,8). The van der Waals surface area contributed by atoms with Crippen LogP contribution in [0.5, 0.6) is 0 Å². The third-order valence-corrected chi connectivity index (χ3v) is 2.59. The molecule has 0 aromatic heterocycles. The smallest absolute Gasteiger partial charge is 0.330 e. The van der Waals surface area contributed by atoms with Gasteiger partial charge >= 0.3 is 5.97 Å². The highest BCUT2D eigenvalue weighted by Gasteiger charge is 2.43. The first-order valence-corrected chi connectivity index (χ1v) is 3.64. The predicted molar refractivity (Wildman–Crippen MR) is 37.8 cm³/mol. The Bertz CT molecular complexity index is 163. The molecule has 0 spiro atoms. The number of nitrogens with zero attached hydrogens (tertiary/aromatic N) is 1. The third-order valence-electron chi connectivity index (χ3n) is 1.76. The Balaban J connectivity index is 2.75. The van der Waals surface area contributed by atoms with Crippen LogP contribution in [-0.2, 0) is 4.79 Å². The third kappa shape index (κ3) is 1.03. The summed E-state index contributed by atoms with van der Waals surface area (Å²) < 4.78 is 0. The summed E-state index contributed by atoms with van der Waals surface area (Å²) in [6.07, 6.45) is 1.22. The van der Waals surface area contributed by atoms with Crippen LogP contribution in [-0.4, -0.2) is 33.2 Å². The largest absolute Gasteiger partial charge is 0.480 e. The van der Waals surface area contributed by atoms with E-state index < -0.39 is 11.2 Å². The van der Waals surface area contributed by atoms with Gasteiger partial charge < -0.3 is 10.3 Å². The van der Waals surface area contributed by atoms with Gasteiger partial charge in [-0.05, 0) is 12.8 Å². The van der Waals surface area contributed by atoms with Gasteiger partial charge in [0.25, 0.3) is 0 Å². The molecule has 2 N–H and O–H groups in total. The molecule has 0 radical (unpaired) electrons. The molecule has 1 heterocycles. The fourth-order valence-electron chi connectivity index (χ4n) is 1.04. The van der Waals surface area contributed by atoms with E-state index >= 15 is 0 Å². The monoisotopic (exact) mass is 163 g/mol. The minimum atomic E-state index is -1.12. The minimum Gasteiger partial charge on any atom is -0.480 e. The Morgan fingerprint density at radius 1 is 1.70 bits per heavy atom. The number of rotatable bonds is 1. The van der Waals surface area contributed by atoms with Crippen LogP contribution in [0.1, 0.15) is 12.8 Å². The lowest BCUT2D eigenvalue weighted by Gasteiger charge is -2.24. The lowest BCUT2D eigenvalue weighted by Crippen LogP contribution is -2.42. The van der Waals surface area contributed by atoms with E-state index in [0.29, 0.717) is 13.0 Å². The van der Waals surface area contributed by atoms with Gasteiger partial charge in [0.2, 0.25) is 0 Å². The quantitative estimate of drug-likeness (QED) is 0.539. The first kappa shape index (κ1) is 7.92. The van der Waals surface area contributed by atoms with Crippen molar-refractivity contribution < 1.29 is 15.1 Å². The number of carboxylic acids is 1. The fourth-order valence-corrected chi connectivity index (χ4v) is 1.38. The number of aliphatic carboxylic acids is 1. The summed E-state index contributed by atoms with van der Waals surface area (Å²) in [4.78, 5) is 10.5. The first-order valence-electron chi connectivity index (χ1n) is 3.06. The molecule has 1 saturated heterocycles. The molecule has 4 nitrogen and oxygen atoms in total. The van der Waals surface area contributed by atoms with Crippen molar-refractivity contribution in [3.63, 3.8) is 0 Å². The molecule has 5 heteroatoms. The molecule has 0 bridgehead atoms. The lowest BCUT2D eigenvalue weighted by atomic mass is 10.2. The molecule has 0 amide bonds. The van der Waals surface area contributed by atoms with Gasteiger partial charge in [-0.1, -0.05) is 0 Å². The van der Waals surface area contributed by atoms with Gasteiger partial charge in [0.15, 0.2) is 5.28 Å². The molecule has 10 heavy (non-hydrogen) atoms. The van der Waals surface area contributed by atoms with Crippen molar-refractivity contribution in [3.8, 4) is 0 Å². The lowest BCUT2D eigenvalue weighted by molar-refractivity contribution is -0.167. The van der Waals surface area contributed by atoms with Crippen molar-refractivity contribution in [3.05, 3.63) is 0 Å². The van der Waals surface area contributed by atoms with E-state index in [1.54, 1.807) is 0 Å². The molecule has 0 aliphatic carbocycles. The molecular weight excluding hydrogens is 153 g/mol. The van der Waals surface area contributed by atoms with Crippen LogP contribution in [0.2, 0.25) is 0 Å². The van der Waals surface area contributed by atoms with Crippen LogP contribution < -0.4 is 0 Å². The maximum Gasteiger partial charge on any atom is 0.330 e. The average molecular weight is 163 g/mol. The topological polar surface area (TPSA) is 60.8 Å². The number of hydrogen-bond donors (Lipinski definition) is 2. The van der Waals surface area contributed by atoms with Gasteiger partial charge in [0, 0.05) is 6.54 Å². The minimum absolute atomic E-state index is 0.440. The molecule has 1 fully saturated rings. The summed E-state index contributed by atoms with van der Waals surface area (Å²) >= 11 is 0. The van der Waals surface area contributed by atoms with Crippen molar-refractivity contribution in [1.82, 2.24) is 5.06 Å². The second-order valence-corrected chi connectivity index (χ2v) is 3.41. The van der Waals surface area contributed by atoms with Crippen molar-refractivity contribution >= 4 is 15.2 Å². The van der Waals surface area contributed by atoms with E-state index in [4.69, 9.17) is 10.3 Å². The Morgan fingerprint density at radius 3 is 2.50 bits per heavy atom. The summed E-state index contributed by atoms with van der Waals surface area (Å²) in [5.41, 5.74) is 0. The summed E-state index contributed by atoms with van der Waals surface area (Å²) in [5, 5.41) is 17.4. The van der Waals surface area contributed by atoms with Crippen LogP contribution in [0.3, 0.4) is 0 Å². The normalized spacial score (nSPS) is 34.6. The first-order chi connectivity index (χ1) is 4.57. The summed E-state index contributed by atoms with van der Waals surface area (Å²) in [7, 11) is 2.16. The summed E-state index contributed by atoms with van der Waals surface area (Å²) in [6, 6.07) is 0. The number of carbonyl (C=O) groups is 1. The van der Waals surface area contributed by atoms with Gasteiger partial charge in [-0.25, -0.2) is 4.79 Å². The SMILES string of the molecule is O=C(O)C1(P)CCCN1O. The Hall–Kier alpha value is -0.180. The van der Waals surface area contributed by atoms with Crippen LogP contribution in [0, 0.1) is 0 Å². The van der Waals surface area contributed by atoms with E-state index in [1.165, 1.54) is 0 Å². The maximum absolute atomic E-state index is 10.5. The zero-order valence-electron chi connectivity index (χ0n) is 5.45. The molecule has 58 valence electrons. The second-order valence-electron chi connectivity index (χ2n) is 2.46.